The number of piperidine rings is 1. The van der Waals surface area contributed by atoms with E-state index in [0.29, 0.717) is 5.92 Å². The van der Waals surface area contributed by atoms with E-state index in [0.717, 1.165) is 31.6 Å². The summed E-state index contributed by atoms with van der Waals surface area (Å²) in [5, 5.41) is 2.95. The van der Waals surface area contributed by atoms with Crippen LogP contribution < -0.4 is 11.1 Å². The van der Waals surface area contributed by atoms with Gasteiger partial charge < -0.3 is 16.0 Å². The van der Waals surface area contributed by atoms with Crippen molar-refractivity contribution in [2.24, 2.45) is 17.1 Å². The standard InChI is InChI=1S/C14H25N3O/c1-9(6-14(2,3)4)17-8-11(15)5-10-7-16-13(18)12(10)17/h10-12H,1,5-8,15H2,2-4H3,(H,16,18)/t10-,11+,12-/m0/s1. The number of hydrogen-bond donors (Lipinski definition) is 2. The molecule has 0 unspecified atom stereocenters. The van der Waals surface area contributed by atoms with E-state index in [1.165, 1.54) is 0 Å². The van der Waals surface area contributed by atoms with Crippen molar-refractivity contribution in [2.75, 3.05) is 13.1 Å². The molecule has 4 nitrogen and oxygen atoms in total. The molecule has 2 fully saturated rings. The third-order valence-electron chi connectivity index (χ3n) is 3.77. The van der Waals surface area contributed by atoms with Crippen LogP contribution in [0.15, 0.2) is 12.3 Å². The number of carbonyl (C=O) groups is 1. The summed E-state index contributed by atoms with van der Waals surface area (Å²) in [5.74, 6) is 0.486. The number of rotatable bonds is 2. The molecule has 102 valence electrons. The van der Waals surface area contributed by atoms with Crippen LogP contribution in [0.5, 0.6) is 0 Å². The van der Waals surface area contributed by atoms with Gasteiger partial charge in [0.05, 0.1) is 0 Å². The van der Waals surface area contributed by atoms with Gasteiger partial charge in [-0.05, 0) is 18.3 Å². The number of amides is 1. The van der Waals surface area contributed by atoms with E-state index in [1.807, 2.05) is 0 Å². The third kappa shape index (κ3) is 2.69. The quantitative estimate of drug-likeness (QED) is 0.772. The van der Waals surface area contributed by atoms with Crippen molar-refractivity contribution in [3.05, 3.63) is 12.3 Å². The van der Waals surface area contributed by atoms with Crippen LogP contribution in [0.2, 0.25) is 0 Å². The number of fused-ring (bicyclic) bond motifs is 1. The SMILES string of the molecule is C=C(CC(C)(C)C)N1C[C@H](N)C[C@H]2CNC(=O)[C@H]21. The monoisotopic (exact) mass is 251 g/mol. The molecule has 3 N–H and O–H groups in total. The lowest BCUT2D eigenvalue weighted by molar-refractivity contribution is -0.124. The lowest BCUT2D eigenvalue weighted by Crippen LogP contribution is -2.54. The zero-order valence-electron chi connectivity index (χ0n) is 11.7. The van der Waals surface area contributed by atoms with Crippen LogP contribution in [0.4, 0.5) is 0 Å². The molecule has 3 atom stereocenters. The zero-order chi connectivity index (χ0) is 13.5. The molecule has 2 heterocycles. The number of nitrogens with zero attached hydrogens (tertiary/aromatic N) is 1. The molecule has 2 aliphatic heterocycles. The number of likely N-dealkylation sites (tertiary alicyclic amines) is 1. The van der Waals surface area contributed by atoms with Crippen LogP contribution in [0.3, 0.4) is 0 Å². The predicted molar refractivity (Wildman–Crippen MR) is 72.8 cm³/mol. The second-order valence-corrected chi connectivity index (χ2v) is 6.90. The summed E-state index contributed by atoms with van der Waals surface area (Å²) < 4.78 is 0. The normalized spacial score (nSPS) is 32.1. The molecular formula is C14H25N3O. The van der Waals surface area contributed by atoms with Gasteiger partial charge in [-0.25, -0.2) is 0 Å². The van der Waals surface area contributed by atoms with Crippen molar-refractivity contribution in [1.29, 1.82) is 0 Å². The van der Waals surface area contributed by atoms with E-state index < -0.39 is 0 Å². The first-order valence-corrected chi connectivity index (χ1v) is 6.75. The minimum atomic E-state index is -0.0420. The summed E-state index contributed by atoms with van der Waals surface area (Å²) in [7, 11) is 0. The molecule has 0 aromatic rings. The van der Waals surface area contributed by atoms with Gasteiger partial charge in [0, 0.05) is 30.7 Å². The van der Waals surface area contributed by atoms with E-state index in [9.17, 15) is 4.79 Å². The van der Waals surface area contributed by atoms with E-state index in [4.69, 9.17) is 5.73 Å². The average molecular weight is 251 g/mol. The highest BCUT2D eigenvalue weighted by Gasteiger charge is 2.44. The summed E-state index contributed by atoms with van der Waals surface area (Å²) in [4.78, 5) is 14.1. The maximum atomic E-state index is 12.0. The summed E-state index contributed by atoms with van der Waals surface area (Å²) in [5.41, 5.74) is 7.34. The number of nitrogens with two attached hydrogens (primary N) is 1. The number of nitrogens with one attached hydrogen (secondary N) is 1. The van der Waals surface area contributed by atoms with Gasteiger partial charge in [-0.1, -0.05) is 27.4 Å². The van der Waals surface area contributed by atoms with Crippen molar-refractivity contribution < 1.29 is 4.79 Å². The van der Waals surface area contributed by atoms with E-state index in [2.05, 4.69) is 37.6 Å². The molecule has 18 heavy (non-hydrogen) atoms. The molecule has 2 rings (SSSR count). The van der Waals surface area contributed by atoms with Gasteiger partial charge in [0.25, 0.3) is 0 Å². The van der Waals surface area contributed by atoms with Gasteiger partial charge in [0.15, 0.2) is 0 Å². The zero-order valence-corrected chi connectivity index (χ0v) is 11.7. The Morgan fingerprint density at radius 2 is 2.22 bits per heavy atom. The van der Waals surface area contributed by atoms with Gasteiger partial charge in [-0.15, -0.1) is 0 Å². The molecule has 2 aliphatic rings. The Morgan fingerprint density at radius 3 is 2.83 bits per heavy atom. The molecular weight excluding hydrogens is 226 g/mol. The highest BCUT2D eigenvalue weighted by atomic mass is 16.2. The van der Waals surface area contributed by atoms with Gasteiger partial charge in [-0.3, -0.25) is 4.79 Å². The predicted octanol–water partition coefficient (Wildman–Crippen LogP) is 1.08. The molecule has 0 bridgehead atoms. The van der Waals surface area contributed by atoms with Crippen molar-refractivity contribution in [1.82, 2.24) is 10.2 Å². The van der Waals surface area contributed by atoms with E-state index in [1.54, 1.807) is 0 Å². The lowest BCUT2D eigenvalue weighted by Gasteiger charge is -2.42. The molecule has 0 saturated carbocycles. The molecule has 4 heteroatoms. The van der Waals surface area contributed by atoms with Crippen LogP contribution in [-0.4, -0.2) is 36.0 Å². The van der Waals surface area contributed by atoms with Crippen LogP contribution >= 0.6 is 0 Å². The van der Waals surface area contributed by atoms with Gasteiger partial charge in [0.2, 0.25) is 5.91 Å². The Balaban J connectivity index is 2.14. The molecule has 0 aromatic carbocycles. The smallest absolute Gasteiger partial charge is 0.243 e. The highest BCUT2D eigenvalue weighted by Crippen LogP contribution is 2.33. The molecule has 2 saturated heterocycles. The van der Waals surface area contributed by atoms with E-state index in [-0.39, 0.29) is 23.4 Å². The van der Waals surface area contributed by atoms with Gasteiger partial charge in [-0.2, -0.15) is 0 Å². The number of carbonyl (C=O) groups excluding carboxylic acids is 1. The molecule has 0 aliphatic carbocycles. The third-order valence-corrected chi connectivity index (χ3v) is 3.77. The first-order chi connectivity index (χ1) is 8.28. The minimum Gasteiger partial charge on any atom is -0.362 e. The van der Waals surface area contributed by atoms with Gasteiger partial charge >= 0.3 is 0 Å². The van der Waals surface area contributed by atoms with Crippen LogP contribution in [0, 0.1) is 11.3 Å². The summed E-state index contributed by atoms with van der Waals surface area (Å²) in [6.07, 6.45) is 1.83. The number of hydrogen-bond acceptors (Lipinski definition) is 3. The fraction of sp³-hybridized carbons (Fsp3) is 0.786. The number of allylic oxidation sites excluding steroid dienone is 1. The molecule has 0 aromatic heterocycles. The van der Waals surface area contributed by atoms with Crippen LogP contribution in [0.1, 0.15) is 33.6 Å². The Kier molecular flexibility index (Phi) is 3.41. The largest absolute Gasteiger partial charge is 0.362 e. The topological polar surface area (TPSA) is 58.4 Å². The molecule has 0 spiro atoms. The fourth-order valence-electron chi connectivity index (χ4n) is 3.14. The van der Waals surface area contributed by atoms with Crippen molar-refractivity contribution in [3.63, 3.8) is 0 Å². The van der Waals surface area contributed by atoms with E-state index >= 15 is 0 Å². The fourth-order valence-corrected chi connectivity index (χ4v) is 3.14. The Labute approximate surface area is 110 Å². The molecule has 1 amide bonds. The lowest BCUT2D eigenvalue weighted by atomic mass is 9.85. The second-order valence-electron chi connectivity index (χ2n) is 6.90. The second kappa shape index (κ2) is 4.57. The summed E-state index contributed by atoms with van der Waals surface area (Å²) in [6, 6.07) is 0.107. The van der Waals surface area contributed by atoms with Gasteiger partial charge in [0.1, 0.15) is 6.04 Å². The average Bonchev–Trinajstić information content (AvgIpc) is 2.56. The summed E-state index contributed by atoms with van der Waals surface area (Å²) in [6.45, 7) is 12.3. The van der Waals surface area contributed by atoms with Crippen molar-refractivity contribution >= 4 is 5.91 Å². The first kappa shape index (κ1) is 13.4. The Hall–Kier alpha value is -1.03. The minimum absolute atomic E-state index is 0.0420. The Morgan fingerprint density at radius 1 is 1.56 bits per heavy atom. The van der Waals surface area contributed by atoms with Crippen LogP contribution in [-0.2, 0) is 4.79 Å². The summed E-state index contributed by atoms with van der Waals surface area (Å²) >= 11 is 0. The Bertz CT molecular complexity index is 359. The van der Waals surface area contributed by atoms with Crippen molar-refractivity contribution in [3.8, 4) is 0 Å². The highest BCUT2D eigenvalue weighted by molar-refractivity contribution is 5.84. The van der Waals surface area contributed by atoms with Crippen LogP contribution in [0.25, 0.3) is 0 Å². The van der Waals surface area contributed by atoms with Crippen molar-refractivity contribution in [2.45, 2.75) is 45.7 Å². The maximum absolute atomic E-state index is 12.0. The maximum Gasteiger partial charge on any atom is 0.243 e. The first-order valence-electron chi connectivity index (χ1n) is 6.75. The molecule has 0 radical (unpaired) electrons.